The van der Waals surface area contributed by atoms with Crippen LogP contribution < -0.4 is 10.6 Å². The number of ether oxygens (including phenoxy) is 1. The second kappa shape index (κ2) is 7.64. The van der Waals surface area contributed by atoms with Crippen molar-refractivity contribution in [3.05, 3.63) is 52.6 Å². The quantitative estimate of drug-likeness (QED) is 0.797. The molecular weight excluding hydrogens is 359 g/mol. The molecule has 1 fully saturated rings. The molecule has 1 saturated heterocycles. The number of carbonyl (C=O) groups excluding carboxylic acids is 1. The van der Waals surface area contributed by atoms with Crippen molar-refractivity contribution in [1.82, 2.24) is 20.4 Å². The molecule has 0 bridgehead atoms. The Bertz CT molecular complexity index is 858. The van der Waals surface area contributed by atoms with E-state index in [0.29, 0.717) is 18.3 Å². The first-order valence-electron chi connectivity index (χ1n) is 9.82. The van der Waals surface area contributed by atoms with Gasteiger partial charge in [0.1, 0.15) is 5.82 Å². The topological polar surface area (TPSA) is 68.2 Å². The number of amides is 1. The van der Waals surface area contributed by atoms with Crippen molar-refractivity contribution in [2.45, 2.75) is 38.8 Å². The Morgan fingerprint density at radius 1 is 1.36 bits per heavy atom. The van der Waals surface area contributed by atoms with Gasteiger partial charge in [-0.15, -0.1) is 0 Å². The molecule has 1 aliphatic carbocycles. The number of halogens is 1. The van der Waals surface area contributed by atoms with Gasteiger partial charge in [-0.2, -0.15) is 5.10 Å². The maximum absolute atomic E-state index is 13.0. The van der Waals surface area contributed by atoms with E-state index in [4.69, 9.17) is 4.74 Å². The molecule has 2 heterocycles. The van der Waals surface area contributed by atoms with Crippen LogP contribution in [0.1, 0.15) is 40.7 Å². The van der Waals surface area contributed by atoms with E-state index in [0.717, 1.165) is 55.8 Å². The lowest BCUT2D eigenvalue weighted by Crippen LogP contribution is -2.50. The van der Waals surface area contributed by atoms with E-state index in [1.807, 2.05) is 11.7 Å². The normalized spacial score (nSPS) is 20.3. The summed E-state index contributed by atoms with van der Waals surface area (Å²) in [5.41, 5.74) is 3.77. The van der Waals surface area contributed by atoms with Gasteiger partial charge in [0.15, 0.2) is 5.69 Å². The van der Waals surface area contributed by atoms with Gasteiger partial charge in [-0.1, -0.05) is 19.1 Å². The van der Waals surface area contributed by atoms with Crippen LogP contribution in [0.15, 0.2) is 24.3 Å². The first-order valence-corrected chi connectivity index (χ1v) is 9.82. The van der Waals surface area contributed by atoms with Crippen LogP contribution in [-0.2, 0) is 31.2 Å². The summed E-state index contributed by atoms with van der Waals surface area (Å²) >= 11 is 0. The van der Waals surface area contributed by atoms with Crippen LogP contribution in [0.2, 0.25) is 0 Å². The minimum Gasteiger partial charge on any atom is -0.380 e. The molecule has 0 saturated carbocycles. The molecule has 1 aromatic heterocycles. The van der Waals surface area contributed by atoms with Crippen LogP contribution in [-0.4, -0.2) is 41.5 Å². The van der Waals surface area contributed by atoms with E-state index in [9.17, 15) is 9.18 Å². The summed E-state index contributed by atoms with van der Waals surface area (Å²) in [6.07, 6.45) is 2.76. The molecule has 0 unspecified atom stereocenters. The molecule has 1 atom stereocenters. The zero-order valence-electron chi connectivity index (χ0n) is 16.4. The molecular formula is C21H27FN4O2. The molecule has 4 rings (SSSR count). The largest absolute Gasteiger partial charge is 0.380 e. The van der Waals surface area contributed by atoms with Crippen molar-refractivity contribution < 1.29 is 13.9 Å². The van der Waals surface area contributed by atoms with E-state index in [1.165, 1.54) is 12.1 Å². The molecule has 0 spiro atoms. The summed E-state index contributed by atoms with van der Waals surface area (Å²) in [7, 11) is 1.90. The number of carbonyl (C=O) groups is 1. The van der Waals surface area contributed by atoms with Gasteiger partial charge in [-0.3, -0.25) is 9.48 Å². The summed E-state index contributed by atoms with van der Waals surface area (Å²) in [6, 6.07) is 6.49. The maximum Gasteiger partial charge on any atom is 0.272 e. The molecule has 2 aliphatic rings. The fourth-order valence-corrected chi connectivity index (χ4v) is 3.96. The average Bonchev–Trinajstić information content (AvgIpc) is 3.00. The first-order chi connectivity index (χ1) is 13.4. The number of hydrogen-bond donors (Lipinski definition) is 2. The average molecular weight is 386 g/mol. The third-order valence-corrected chi connectivity index (χ3v) is 5.75. The predicted octanol–water partition coefficient (Wildman–Crippen LogP) is 1.97. The van der Waals surface area contributed by atoms with Gasteiger partial charge in [-0.25, -0.2) is 4.39 Å². The molecule has 150 valence electrons. The highest BCUT2D eigenvalue weighted by Crippen LogP contribution is 2.28. The molecule has 28 heavy (non-hydrogen) atoms. The van der Waals surface area contributed by atoms with Crippen molar-refractivity contribution in [1.29, 1.82) is 0 Å². The molecule has 1 aliphatic heterocycles. The fraction of sp³-hybridized carbons (Fsp3) is 0.524. The van der Waals surface area contributed by atoms with Crippen molar-refractivity contribution in [3.63, 3.8) is 0 Å². The Hall–Kier alpha value is -2.25. The molecule has 2 N–H and O–H groups in total. The fourth-order valence-electron chi connectivity index (χ4n) is 3.96. The zero-order valence-corrected chi connectivity index (χ0v) is 16.4. The van der Waals surface area contributed by atoms with Gasteiger partial charge < -0.3 is 15.4 Å². The number of fused-ring (bicyclic) bond motifs is 1. The third-order valence-electron chi connectivity index (χ3n) is 5.75. The lowest BCUT2D eigenvalue weighted by Gasteiger charge is -2.39. The Kier molecular flexibility index (Phi) is 5.21. The molecule has 0 radical (unpaired) electrons. The van der Waals surface area contributed by atoms with Gasteiger partial charge in [0, 0.05) is 42.9 Å². The summed E-state index contributed by atoms with van der Waals surface area (Å²) < 4.78 is 20.2. The van der Waals surface area contributed by atoms with Gasteiger partial charge in [0.05, 0.1) is 13.2 Å². The van der Waals surface area contributed by atoms with Crippen LogP contribution in [0.3, 0.4) is 0 Å². The number of rotatable bonds is 6. The van der Waals surface area contributed by atoms with Crippen LogP contribution in [0, 0.1) is 11.2 Å². The standard InChI is InChI=1S/C21H27FN4O2/c1-21(12-28-13-21)11-24-16-7-8-18-17(9-16)19(25-26(18)2)20(27)23-10-14-3-5-15(22)6-4-14/h3-6,16,24H,7-13H2,1-2H3,(H,23,27)/t16-/m0/s1. The Morgan fingerprint density at radius 2 is 2.11 bits per heavy atom. The smallest absolute Gasteiger partial charge is 0.272 e. The summed E-state index contributed by atoms with van der Waals surface area (Å²) in [6.45, 7) is 5.13. The van der Waals surface area contributed by atoms with E-state index in [1.54, 1.807) is 12.1 Å². The van der Waals surface area contributed by atoms with Crippen LogP contribution >= 0.6 is 0 Å². The second-order valence-electron chi connectivity index (χ2n) is 8.33. The second-order valence-corrected chi connectivity index (χ2v) is 8.33. The molecule has 1 amide bonds. The van der Waals surface area contributed by atoms with Crippen LogP contribution in [0.4, 0.5) is 4.39 Å². The summed E-state index contributed by atoms with van der Waals surface area (Å²) in [5, 5.41) is 11.1. The number of benzene rings is 1. The van der Waals surface area contributed by atoms with Crippen LogP contribution in [0.5, 0.6) is 0 Å². The van der Waals surface area contributed by atoms with Crippen molar-refractivity contribution >= 4 is 5.91 Å². The highest BCUT2D eigenvalue weighted by molar-refractivity contribution is 5.94. The number of hydrogen-bond acceptors (Lipinski definition) is 4. The SMILES string of the molecule is Cn1nc(C(=O)NCc2ccc(F)cc2)c2c1CC[C@H](NCC1(C)COC1)C2. The van der Waals surface area contributed by atoms with E-state index in [-0.39, 0.29) is 17.1 Å². The van der Waals surface area contributed by atoms with Crippen LogP contribution in [0.25, 0.3) is 0 Å². The Labute approximate surface area is 164 Å². The zero-order chi connectivity index (χ0) is 19.7. The summed E-state index contributed by atoms with van der Waals surface area (Å²) in [5.74, 6) is -0.462. The lowest BCUT2D eigenvalue weighted by molar-refractivity contribution is -0.100. The van der Waals surface area contributed by atoms with E-state index >= 15 is 0 Å². The minimum atomic E-state index is -0.283. The third kappa shape index (κ3) is 3.95. The molecule has 6 nitrogen and oxygen atoms in total. The number of aromatic nitrogens is 2. The molecule has 7 heteroatoms. The van der Waals surface area contributed by atoms with E-state index < -0.39 is 0 Å². The van der Waals surface area contributed by atoms with Gasteiger partial charge in [-0.05, 0) is 37.0 Å². The monoisotopic (exact) mass is 386 g/mol. The Morgan fingerprint density at radius 3 is 2.79 bits per heavy atom. The van der Waals surface area contributed by atoms with Crippen molar-refractivity contribution in [2.24, 2.45) is 12.5 Å². The minimum absolute atomic E-state index is 0.179. The number of aryl methyl sites for hydroxylation is 1. The predicted molar refractivity (Wildman–Crippen MR) is 104 cm³/mol. The van der Waals surface area contributed by atoms with Gasteiger partial charge in [0.25, 0.3) is 5.91 Å². The first kappa shape index (κ1) is 19.1. The number of nitrogens with one attached hydrogen (secondary N) is 2. The maximum atomic E-state index is 13.0. The highest BCUT2D eigenvalue weighted by atomic mass is 19.1. The highest BCUT2D eigenvalue weighted by Gasteiger charge is 2.35. The summed E-state index contributed by atoms with van der Waals surface area (Å²) in [4.78, 5) is 12.8. The Balaban J connectivity index is 1.41. The van der Waals surface area contributed by atoms with E-state index in [2.05, 4.69) is 22.7 Å². The molecule has 1 aromatic carbocycles. The van der Waals surface area contributed by atoms with Crippen molar-refractivity contribution in [3.8, 4) is 0 Å². The molecule has 2 aromatic rings. The number of nitrogens with zero attached hydrogens (tertiary/aromatic N) is 2. The van der Waals surface area contributed by atoms with Gasteiger partial charge in [0.2, 0.25) is 0 Å². The lowest BCUT2D eigenvalue weighted by atomic mass is 9.86. The van der Waals surface area contributed by atoms with Crippen molar-refractivity contribution in [2.75, 3.05) is 19.8 Å². The van der Waals surface area contributed by atoms with Gasteiger partial charge >= 0.3 is 0 Å².